The lowest BCUT2D eigenvalue weighted by Crippen LogP contribution is -2.29. The Morgan fingerprint density at radius 1 is 1.11 bits per heavy atom. The molecule has 2 aliphatic rings. The second-order valence-corrected chi connectivity index (χ2v) is 11.1. The summed E-state index contributed by atoms with van der Waals surface area (Å²) in [7, 11) is 3.38. The van der Waals surface area contributed by atoms with Gasteiger partial charge < -0.3 is 14.4 Å². The van der Waals surface area contributed by atoms with Crippen molar-refractivity contribution < 1.29 is 9.47 Å². The SMILES string of the molecule is COc1ccc(CN(CC2CC2)c2nncn2C2CCc3c2cc(I)c2cc(Cl)ncc32)c(OC)c1. The Bertz CT molecular complexity index is 1440. The second-order valence-electron chi connectivity index (χ2n) is 9.57. The van der Waals surface area contributed by atoms with Crippen LogP contribution in [0.2, 0.25) is 5.15 Å². The van der Waals surface area contributed by atoms with Gasteiger partial charge in [0, 0.05) is 39.9 Å². The van der Waals surface area contributed by atoms with Crippen molar-refractivity contribution >= 4 is 50.9 Å². The molecule has 0 aliphatic heterocycles. The largest absolute Gasteiger partial charge is 0.497 e. The monoisotopic (exact) mass is 615 g/mol. The molecule has 0 spiro atoms. The number of ether oxygens (including phenoxy) is 2. The van der Waals surface area contributed by atoms with E-state index < -0.39 is 0 Å². The minimum atomic E-state index is 0.179. The van der Waals surface area contributed by atoms with Crippen LogP contribution in [0, 0.1) is 9.49 Å². The summed E-state index contributed by atoms with van der Waals surface area (Å²) < 4.78 is 14.5. The highest BCUT2D eigenvalue weighted by molar-refractivity contribution is 14.1. The van der Waals surface area contributed by atoms with Crippen LogP contribution in [0.1, 0.15) is 42.0 Å². The number of hydrogen-bond donors (Lipinski definition) is 0. The van der Waals surface area contributed by atoms with E-state index in [-0.39, 0.29) is 6.04 Å². The summed E-state index contributed by atoms with van der Waals surface area (Å²) in [4.78, 5) is 6.74. The molecule has 1 unspecified atom stereocenters. The van der Waals surface area contributed by atoms with Crippen LogP contribution in [0.5, 0.6) is 11.5 Å². The molecule has 1 atom stereocenters. The number of pyridine rings is 1. The molecule has 186 valence electrons. The van der Waals surface area contributed by atoms with E-state index >= 15 is 0 Å². The van der Waals surface area contributed by atoms with Crippen molar-refractivity contribution in [1.29, 1.82) is 0 Å². The number of anilines is 1. The van der Waals surface area contributed by atoms with Crippen LogP contribution in [0.25, 0.3) is 10.8 Å². The Morgan fingerprint density at radius 2 is 1.97 bits per heavy atom. The summed E-state index contributed by atoms with van der Waals surface area (Å²) in [5.41, 5.74) is 3.78. The molecule has 2 heterocycles. The number of methoxy groups -OCH3 is 2. The zero-order valence-electron chi connectivity index (χ0n) is 20.2. The van der Waals surface area contributed by atoms with Crippen molar-refractivity contribution in [3.63, 3.8) is 0 Å². The number of aromatic nitrogens is 4. The molecular formula is C27H27ClIN5O2. The van der Waals surface area contributed by atoms with E-state index in [0.29, 0.717) is 17.6 Å². The maximum atomic E-state index is 6.20. The first-order chi connectivity index (χ1) is 17.6. The summed E-state index contributed by atoms with van der Waals surface area (Å²) in [6.07, 6.45) is 8.32. The number of benzene rings is 2. The van der Waals surface area contributed by atoms with E-state index in [1.54, 1.807) is 14.2 Å². The molecule has 0 radical (unpaired) electrons. The molecule has 9 heteroatoms. The van der Waals surface area contributed by atoms with Gasteiger partial charge in [0.2, 0.25) is 5.95 Å². The van der Waals surface area contributed by atoms with Gasteiger partial charge in [0.15, 0.2) is 0 Å². The predicted octanol–water partition coefficient (Wildman–Crippen LogP) is 6.05. The van der Waals surface area contributed by atoms with Crippen LogP contribution in [-0.4, -0.2) is 40.5 Å². The Morgan fingerprint density at radius 3 is 2.75 bits per heavy atom. The van der Waals surface area contributed by atoms with E-state index in [1.165, 1.54) is 38.3 Å². The van der Waals surface area contributed by atoms with Crippen molar-refractivity contribution in [3.05, 3.63) is 68.3 Å². The fourth-order valence-electron chi connectivity index (χ4n) is 5.33. The van der Waals surface area contributed by atoms with Crippen molar-refractivity contribution in [2.24, 2.45) is 5.92 Å². The average molecular weight is 616 g/mol. The summed E-state index contributed by atoms with van der Waals surface area (Å²) >= 11 is 8.61. The minimum Gasteiger partial charge on any atom is -0.497 e. The molecule has 6 rings (SSSR count). The molecule has 7 nitrogen and oxygen atoms in total. The second kappa shape index (κ2) is 9.70. The van der Waals surface area contributed by atoms with Gasteiger partial charge in [-0.2, -0.15) is 0 Å². The molecule has 2 aliphatic carbocycles. The summed E-state index contributed by atoms with van der Waals surface area (Å²) in [6, 6.07) is 10.5. The van der Waals surface area contributed by atoms with Gasteiger partial charge in [-0.05, 0) is 95.0 Å². The van der Waals surface area contributed by atoms with Crippen molar-refractivity contribution in [3.8, 4) is 11.5 Å². The summed E-state index contributed by atoms with van der Waals surface area (Å²) in [5, 5.41) is 11.9. The van der Waals surface area contributed by atoms with Crippen molar-refractivity contribution in [2.75, 3.05) is 25.7 Å². The molecule has 0 amide bonds. The molecule has 2 aromatic carbocycles. The van der Waals surface area contributed by atoms with Gasteiger partial charge in [-0.15, -0.1) is 10.2 Å². The van der Waals surface area contributed by atoms with Gasteiger partial charge >= 0.3 is 0 Å². The van der Waals surface area contributed by atoms with Crippen LogP contribution >= 0.6 is 34.2 Å². The molecule has 4 aromatic rings. The molecule has 0 bridgehead atoms. The van der Waals surface area contributed by atoms with Crippen molar-refractivity contribution in [1.82, 2.24) is 19.7 Å². The van der Waals surface area contributed by atoms with Gasteiger partial charge in [0.05, 0.1) is 20.3 Å². The molecule has 2 aromatic heterocycles. The van der Waals surface area contributed by atoms with E-state index in [0.717, 1.165) is 42.4 Å². The lowest BCUT2D eigenvalue weighted by molar-refractivity contribution is 0.390. The highest BCUT2D eigenvalue weighted by atomic mass is 127. The van der Waals surface area contributed by atoms with Crippen molar-refractivity contribution in [2.45, 2.75) is 38.3 Å². The Kier molecular flexibility index (Phi) is 6.41. The van der Waals surface area contributed by atoms with Crippen LogP contribution in [0.3, 0.4) is 0 Å². The van der Waals surface area contributed by atoms with Crippen LogP contribution in [0.15, 0.2) is 42.9 Å². The molecule has 0 N–H and O–H groups in total. The molecule has 0 saturated heterocycles. The number of nitrogens with zero attached hydrogens (tertiary/aromatic N) is 5. The predicted molar refractivity (Wildman–Crippen MR) is 149 cm³/mol. The number of hydrogen-bond acceptors (Lipinski definition) is 6. The highest BCUT2D eigenvalue weighted by Crippen LogP contribution is 2.42. The van der Waals surface area contributed by atoms with Gasteiger partial charge in [0.1, 0.15) is 23.0 Å². The van der Waals surface area contributed by atoms with E-state index in [9.17, 15) is 0 Å². The van der Waals surface area contributed by atoms with E-state index in [1.807, 2.05) is 30.7 Å². The first-order valence-electron chi connectivity index (χ1n) is 12.2. The Hall–Kier alpha value is -2.59. The third kappa shape index (κ3) is 4.38. The van der Waals surface area contributed by atoms with Crippen LogP contribution in [-0.2, 0) is 13.0 Å². The maximum absolute atomic E-state index is 6.20. The molecular weight excluding hydrogens is 589 g/mol. The smallest absolute Gasteiger partial charge is 0.227 e. The normalized spacial score (nSPS) is 16.8. The number of aryl methyl sites for hydroxylation is 1. The number of fused-ring (bicyclic) bond motifs is 3. The molecule has 36 heavy (non-hydrogen) atoms. The first-order valence-corrected chi connectivity index (χ1v) is 13.6. The lowest BCUT2D eigenvalue weighted by Gasteiger charge is -2.27. The maximum Gasteiger partial charge on any atom is 0.227 e. The van der Waals surface area contributed by atoms with Gasteiger partial charge in [-0.3, -0.25) is 4.57 Å². The van der Waals surface area contributed by atoms with Gasteiger partial charge in [0.25, 0.3) is 0 Å². The third-order valence-electron chi connectivity index (χ3n) is 7.31. The van der Waals surface area contributed by atoms with Crippen LogP contribution in [0.4, 0.5) is 5.95 Å². The standard InChI is InChI=1S/C27H27ClIN5O2/c1-35-18-6-5-17(25(9-18)36-2)14-33(13-16-3-4-16)27-32-31-15-34(27)24-8-7-19-21(24)10-23(29)20-11-26(28)30-12-22(19)20/h5-6,9-12,15-16,24H,3-4,7-8,13-14H2,1-2H3. The number of halogens is 2. The van der Waals surface area contributed by atoms with Crippen LogP contribution < -0.4 is 14.4 Å². The quantitative estimate of drug-likeness (QED) is 0.178. The first kappa shape index (κ1) is 23.8. The Labute approximate surface area is 228 Å². The fraction of sp³-hybridized carbons (Fsp3) is 0.370. The molecule has 1 fully saturated rings. The zero-order valence-corrected chi connectivity index (χ0v) is 23.2. The number of rotatable bonds is 8. The van der Waals surface area contributed by atoms with E-state index in [2.05, 4.69) is 59.4 Å². The minimum absolute atomic E-state index is 0.179. The lowest BCUT2D eigenvalue weighted by atomic mass is 10.0. The average Bonchev–Trinajstić information content (AvgIpc) is 3.40. The summed E-state index contributed by atoms with van der Waals surface area (Å²) in [5.74, 6) is 3.20. The van der Waals surface area contributed by atoms with Gasteiger partial charge in [-0.1, -0.05) is 11.6 Å². The molecule has 1 saturated carbocycles. The zero-order chi connectivity index (χ0) is 24.8. The fourth-order valence-corrected chi connectivity index (χ4v) is 6.27. The van der Waals surface area contributed by atoms with Gasteiger partial charge in [-0.25, -0.2) is 4.98 Å². The Balaban J connectivity index is 1.38. The van der Waals surface area contributed by atoms with E-state index in [4.69, 9.17) is 21.1 Å². The topological polar surface area (TPSA) is 65.3 Å². The third-order valence-corrected chi connectivity index (χ3v) is 8.41. The highest BCUT2D eigenvalue weighted by Gasteiger charge is 2.32. The summed E-state index contributed by atoms with van der Waals surface area (Å²) in [6.45, 7) is 1.64.